The highest BCUT2D eigenvalue weighted by Gasteiger charge is 2.25. The van der Waals surface area contributed by atoms with Crippen molar-refractivity contribution >= 4 is 0 Å². The van der Waals surface area contributed by atoms with E-state index in [0.29, 0.717) is 18.1 Å². The summed E-state index contributed by atoms with van der Waals surface area (Å²) in [5, 5.41) is 3.43. The summed E-state index contributed by atoms with van der Waals surface area (Å²) in [7, 11) is 0. The second kappa shape index (κ2) is 3.55. The predicted molar refractivity (Wildman–Crippen MR) is 48.8 cm³/mol. The molecule has 0 aliphatic carbocycles. The molecule has 2 nitrogen and oxygen atoms in total. The van der Waals surface area contributed by atoms with Gasteiger partial charge in [-0.2, -0.15) is 0 Å². The van der Waals surface area contributed by atoms with Crippen LogP contribution in [0.15, 0.2) is 0 Å². The lowest BCUT2D eigenvalue weighted by molar-refractivity contribution is 0.0827. The van der Waals surface area contributed by atoms with Gasteiger partial charge in [-0.1, -0.05) is 0 Å². The van der Waals surface area contributed by atoms with Crippen LogP contribution in [-0.2, 0) is 0 Å². The Morgan fingerprint density at radius 2 is 1.64 bits per heavy atom. The number of rotatable bonds is 1. The first-order chi connectivity index (χ1) is 5.13. The van der Waals surface area contributed by atoms with Gasteiger partial charge < -0.3 is 5.32 Å². The van der Waals surface area contributed by atoms with Crippen molar-refractivity contribution in [1.29, 1.82) is 0 Å². The van der Waals surface area contributed by atoms with Crippen molar-refractivity contribution in [3.63, 3.8) is 0 Å². The van der Waals surface area contributed by atoms with Gasteiger partial charge >= 0.3 is 0 Å². The summed E-state index contributed by atoms with van der Waals surface area (Å²) in [6, 6.07) is 2.07. The Kier molecular flexibility index (Phi) is 2.90. The van der Waals surface area contributed by atoms with Gasteiger partial charge in [0.1, 0.15) is 0 Å². The molecule has 1 heterocycles. The third-order valence-electron chi connectivity index (χ3n) is 2.49. The number of hydrogen-bond donors (Lipinski definition) is 1. The van der Waals surface area contributed by atoms with Crippen molar-refractivity contribution in [2.45, 2.75) is 45.8 Å². The van der Waals surface area contributed by atoms with E-state index < -0.39 is 0 Å². The highest BCUT2D eigenvalue weighted by Crippen LogP contribution is 2.12. The Balaban J connectivity index is 2.55. The van der Waals surface area contributed by atoms with Crippen LogP contribution in [-0.4, -0.2) is 36.1 Å². The van der Waals surface area contributed by atoms with Crippen LogP contribution in [0.3, 0.4) is 0 Å². The molecule has 0 saturated carbocycles. The molecule has 2 heteroatoms. The van der Waals surface area contributed by atoms with Gasteiger partial charge in [-0.3, -0.25) is 4.90 Å². The van der Waals surface area contributed by atoms with E-state index in [2.05, 4.69) is 37.9 Å². The monoisotopic (exact) mass is 156 g/mol. The van der Waals surface area contributed by atoms with Gasteiger partial charge in [0.2, 0.25) is 0 Å². The van der Waals surface area contributed by atoms with Gasteiger partial charge in [-0.25, -0.2) is 0 Å². The molecule has 1 rings (SSSR count). The van der Waals surface area contributed by atoms with Gasteiger partial charge in [0.15, 0.2) is 0 Å². The molecule has 0 aromatic heterocycles. The predicted octanol–water partition coefficient (Wildman–Crippen LogP) is 1.08. The zero-order valence-electron chi connectivity index (χ0n) is 8.09. The van der Waals surface area contributed by atoms with E-state index in [1.54, 1.807) is 0 Å². The molecule has 1 aliphatic rings. The number of piperazine rings is 1. The van der Waals surface area contributed by atoms with Crippen LogP contribution in [0.2, 0.25) is 0 Å². The van der Waals surface area contributed by atoms with Gasteiger partial charge in [-0.15, -0.1) is 0 Å². The van der Waals surface area contributed by atoms with E-state index >= 15 is 0 Å². The van der Waals surface area contributed by atoms with Crippen molar-refractivity contribution in [3.05, 3.63) is 0 Å². The maximum atomic E-state index is 3.43. The molecule has 0 aromatic rings. The van der Waals surface area contributed by atoms with Crippen LogP contribution >= 0.6 is 0 Å². The Morgan fingerprint density at radius 1 is 1.18 bits per heavy atom. The Bertz CT molecular complexity index is 113. The third kappa shape index (κ3) is 1.94. The fraction of sp³-hybridized carbons (Fsp3) is 1.00. The molecular weight excluding hydrogens is 136 g/mol. The highest BCUT2D eigenvalue weighted by molar-refractivity contribution is 4.84. The SMILES string of the molecule is CC(C)N1[C@H](C)CNC[C@@H]1C. The molecule has 0 aromatic carbocycles. The summed E-state index contributed by atoms with van der Waals surface area (Å²) in [5.74, 6) is 0. The third-order valence-corrected chi connectivity index (χ3v) is 2.49. The van der Waals surface area contributed by atoms with Crippen molar-refractivity contribution < 1.29 is 0 Å². The molecule has 0 radical (unpaired) electrons. The molecule has 1 saturated heterocycles. The zero-order valence-corrected chi connectivity index (χ0v) is 8.09. The first-order valence-corrected chi connectivity index (χ1v) is 4.61. The van der Waals surface area contributed by atoms with E-state index in [1.807, 2.05) is 0 Å². The summed E-state index contributed by atoms with van der Waals surface area (Å²) >= 11 is 0. The maximum Gasteiger partial charge on any atom is 0.0198 e. The average Bonchev–Trinajstić information content (AvgIpc) is 1.85. The van der Waals surface area contributed by atoms with Crippen molar-refractivity contribution in [1.82, 2.24) is 10.2 Å². The molecule has 1 aliphatic heterocycles. The van der Waals surface area contributed by atoms with E-state index in [4.69, 9.17) is 0 Å². The summed E-state index contributed by atoms with van der Waals surface area (Å²) in [4.78, 5) is 2.58. The maximum absolute atomic E-state index is 3.43. The molecule has 0 amide bonds. The van der Waals surface area contributed by atoms with Crippen LogP contribution in [0.4, 0.5) is 0 Å². The van der Waals surface area contributed by atoms with Crippen LogP contribution in [0.5, 0.6) is 0 Å². The number of nitrogens with zero attached hydrogens (tertiary/aromatic N) is 1. The normalized spacial score (nSPS) is 34.6. The fourth-order valence-corrected chi connectivity index (χ4v) is 2.16. The van der Waals surface area contributed by atoms with E-state index in [0.717, 1.165) is 13.1 Å². The first-order valence-electron chi connectivity index (χ1n) is 4.61. The minimum Gasteiger partial charge on any atom is -0.314 e. The lowest BCUT2D eigenvalue weighted by Gasteiger charge is -2.42. The van der Waals surface area contributed by atoms with Crippen molar-refractivity contribution in [3.8, 4) is 0 Å². The largest absolute Gasteiger partial charge is 0.314 e. The average molecular weight is 156 g/mol. The molecule has 1 N–H and O–H groups in total. The van der Waals surface area contributed by atoms with Crippen LogP contribution in [0.1, 0.15) is 27.7 Å². The number of hydrogen-bond acceptors (Lipinski definition) is 2. The lowest BCUT2D eigenvalue weighted by atomic mass is 10.1. The standard InChI is InChI=1S/C9H20N2/c1-7(2)11-8(3)5-10-6-9(11)4/h7-10H,5-6H2,1-4H3/t8-,9+. The summed E-state index contributed by atoms with van der Waals surface area (Å²) in [5.41, 5.74) is 0. The molecule has 11 heavy (non-hydrogen) atoms. The molecule has 2 atom stereocenters. The molecule has 0 bridgehead atoms. The van der Waals surface area contributed by atoms with E-state index in [9.17, 15) is 0 Å². The Morgan fingerprint density at radius 3 is 1.91 bits per heavy atom. The van der Waals surface area contributed by atoms with E-state index in [-0.39, 0.29) is 0 Å². The first kappa shape index (κ1) is 9.01. The van der Waals surface area contributed by atoms with Gasteiger partial charge in [0, 0.05) is 31.2 Å². The minimum absolute atomic E-state index is 0.683. The molecule has 1 fully saturated rings. The van der Waals surface area contributed by atoms with Crippen LogP contribution in [0, 0.1) is 0 Å². The van der Waals surface area contributed by atoms with Gasteiger partial charge in [-0.05, 0) is 27.7 Å². The molecule has 66 valence electrons. The zero-order chi connectivity index (χ0) is 8.43. The van der Waals surface area contributed by atoms with Gasteiger partial charge in [0.25, 0.3) is 0 Å². The molecular formula is C9H20N2. The molecule has 0 spiro atoms. The summed E-state index contributed by atoms with van der Waals surface area (Å²) in [6.45, 7) is 11.4. The Labute approximate surface area is 70.0 Å². The van der Waals surface area contributed by atoms with Crippen molar-refractivity contribution in [2.75, 3.05) is 13.1 Å². The lowest BCUT2D eigenvalue weighted by Crippen LogP contribution is -2.57. The quantitative estimate of drug-likeness (QED) is 0.611. The second-order valence-corrected chi connectivity index (χ2v) is 3.90. The summed E-state index contributed by atoms with van der Waals surface area (Å²) in [6.07, 6.45) is 0. The molecule has 0 unspecified atom stereocenters. The van der Waals surface area contributed by atoms with E-state index in [1.165, 1.54) is 0 Å². The Hall–Kier alpha value is -0.0800. The minimum atomic E-state index is 0.683. The van der Waals surface area contributed by atoms with Gasteiger partial charge in [0.05, 0.1) is 0 Å². The number of nitrogens with one attached hydrogen (secondary N) is 1. The summed E-state index contributed by atoms with van der Waals surface area (Å²) < 4.78 is 0. The van der Waals surface area contributed by atoms with Crippen molar-refractivity contribution in [2.24, 2.45) is 0 Å². The fourth-order valence-electron chi connectivity index (χ4n) is 2.16. The van der Waals surface area contributed by atoms with Crippen LogP contribution in [0.25, 0.3) is 0 Å². The van der Waals surface area contributed by atoms with Crippen LogP contribution < -0.4 is 5.32 Å². The smallest absolute Gasteiger partial charge is 0.0198 e. The second-order valence-electron chi connectivity index (χ2n) is 3.90. The highest BCUT2D eigenvalue weighted by atomic mass is 15.3. The topological polar surface area (TPSA) is 15.3 Å².